The highest BCUT2D eigenvalue weighted by Gasteiger charge is 2.42. The van der Waals surface area contributed by atoms with Gasteiger partial charge in [-0.15, -0.1) is 0 Å². The van der Waals surface area contributed by atoms with Crippen molar-refractivity contribution in [2.24, 2.45) is 5.92 Å². The molecule has 0 aromatic carbocycles. The van der Waals surface area contributed by atoms with Crippen LogP contribution >= 0.6 is 0 Å². The molecule has 1 atom stereocenters. The molecule has 2 saturated heterocycles. The average molecular weight is 293 g/mol. The highest BCUT2D eigenvalue weighted by Crippen LogP contribution is 2.34. The number of carbonyl (C=O) groups excluding carboxylic acids is 1. The zero-order valence-electron chi connectivity index (χ0n) is 11.7. The smallest absolute Gasteiger partial charge is 0.341 e. The minimum absolute atomic E-state index is 0.0313. The number of hydrogen-bond acceptors (Lipinski definition) is 3. The van der Waals surface area contributed by atoms with Crippen molar-refractivity contribution >= 4 is 5.91 Å². The van der Waals surface area contributed by atoms with Gasteiger partial charge in [-0.3, -0.25) is 9.69 Å². The first kappa shape index (κ1) is 15.6. The maximum Gasteiger partial charge on any atom is 0.391 e. The molecule has 0 aliphatic carbocycles. The van der Waals surface area contributed by atoms with Crippen LogP contribution in [0.15, 0.2) is 0 Å². The van der Waals surface area contributed by atoms with Crippen molar-refractivity contribution in [3.05, 3.63) is 0 Å². The maximum absolute atomic E-state index is 12.6. The van der Waals surface area contributed by atoms with Gasteiger partial charge in [0.15, 0.2) is 0 Å². The van der Waals surface area contributed by atoms with Crippen LogP contribution < -0.4 is 5.32 Å². The van der Waals surface area contributed by atoms with Gasteiger partial charge in [0.05, 0.1) is 12.0 Å². The predicted octanol–water partition coefficient (Wildman–Crippen LogP) is 1.08. The van der Waals surface area contributed by atoms with Crippen LogP contribution in [-0.4, -0.2) is 67.2 Å². The molecule has 2 aliphatic rings. The van der Waals surface area contributed by atoms with Crippen LogP contribution in [0.5, 0.6) is 0 Å². The van der Waals surface area contributed by atoms with Crippen molar-refractivity contribution in [3.63, 3.8) is 0 Å². The van der Waals surface area contributed by atoms with E-state index in [1.807, 2.05) is 6.92 Å². The number of rotatable bonds is 2. The highest BCUT2D eigenvalue weighted by atomic mass is 19.4. The van der Waals surface area contributed by atoms with E-state index in [9.17, 15) is 18.0 Å². The fourth-order valence-electron chi connectivity index (χ4n) is 2.92. The number of piperazine rings is 1. The first-order chi connectivity index (χ1) is 9.39. The molecule has 4 nitrogen and oxygen atoms in total. The molecule has 0 bridgehead atoms. The van der Waals surface area contributed by atoms with E-state index in [0.29, 0.717) is 0 Å². The van der Waals surface area contributed by atoms with E-state index in [4.69, 9.17) is 0 Å². The van der Waals surface area contributed by atoms with Gasteiger partial charge in [-0.2, -0.15) is 13.2 Å². The lowest BCUT2D eigenvalue weighted by molar-refractivity contribution is -0.187. The second kappa shape index (κ2) is 6.30. The topological polar surface area (TPSA) is 35.6 Å². The molecule has 2 rings (SSSR count). The van der Waals surface area contributed by atoms with Crippen molar-refractivity contribution in [3.8, 4) is 0 Å². The number of halogens is 3. The lowest BCUT2D eigenvalue weighted by atomic mass is 9.96. The zero-order chi connectivity index (χ0) is 14.8. The van der Waals surface area contributed by atoms with Gasteiger partial charge in [0.25, 0.3) is 0 Å². The number of amides is 1. The summed E-state index contributed by atoms with van der Waals surface area (Å²) in [6, 6.07) is -0.237. The molecule has 0 aromatic heterocycles. The molecule has 0 spiro atoms. The van der Waals surface area contributed by atoms with E-state index in [2.05, 4.69) is 10.2 Å². The molecule has 1 amide bonds. The van der Waals surface area contributed by atoms with Crippen molar-refractivity contribution < 1.29 is 18.0 Å². The van der Waals surface area contributed by atoms with Gasteiger partial charge < -0.3 is 10.2 Å². The van der Waals surface area contributed by atoms with Gasteiger partial charge in [-0.25, -0.2) is 0 Å². The fourth-order valence-corrected chi connectivity index (χ4v) is 2.92. The van der Waals surface area contributed by atoms with Crippen LogP contribution in [0.2, 0.25) is 0 Å². The summed E-state index contributed by atoms with van der Waals surface area (Å²) in [5.74, 6) is -1.28. The third kappa shape index (κ3) is 3.63. The van der Waals surface area contributed by atoms with Gasteiger partial charge in [-0.1, -0.05) is 0 Å². The number of nitrogens with zero attached hydrogens (tertiary/aromatic N) is 2. The van der Waals surface area contributed by atoms with E-state index in [0.717, 1.165) is 26.2 Å². The van der Waals surface area contributed by atoms with Crippen LogP contribution in [0.4, 0.5) is 13.2 Å². The molecule has 2 heterocycles. The number of nitrogens with one attached hydrogen (secondary N) is 1. The van der Waals surface area contributed by atoms with E-state index in [-0.39, 0.29) is 37.9 Å². The third-order valence-corrected chi connectivity index (χ3v) is 4.33. The summed E-state index contributed by atoms with van der Waals surface area (Å²) in [5.41, 5.74) is 0. The van der Waals surface area contributed by atoms with E-state index < -0.39 is 12.1 Å². The second-order valence-electron chi connectivity index (χ2n) is 5.60. The quantitative estimate of drug-likeness (QED) is 0.827. The molecule has 2 fully saturated rings. The molecule has 116 valence electrons. The number of likely N-dealkylation sites (tertiary alicyclic amines) is 1. The van der Waals surface area contributed by atoms with Crippen molar-refractivity contribution in [2.45, 2.75) is 32.0 Å². The van der Waals surface area contributed by atoms with Crippen molar-refractivity contribution in [1.29, 1.82) is 0 Å². The molecular weight excluding hydrogens is 271 g/mol. The molecule has 0 aromatic rings. The van der Waals surface area contributed by atoms with Gasteiger partial charge in [0.2, 0.25) is 5.91 Å². The lowest BCUT2D eigenvalue weighted by Crippen LogP contribution is -2.55. The summed E-state index contributed by atoms with van der Waals surface area (Å²) in [6.07, 6.45) is -4.06. The minimum atomic E-state index is -4.13. The van der Waals surface area contributed by atoms with E-state index >= 15 is 0 Å². The standard InChI is InChI=1S/C13H22F3N3O/c1-10(18-8-4-17-5-9-18)12(20)19-6-2-11(3-7-19)13(14,15)16/h10-11,17H,2-9H2,1H3. The molecule has 1 unspecified atom stereocenters. The molecule has 20 heavy (non-hydrogen) atoms. The molecule has 0 radical (unpaired) electrons. The van der Waals surface area contributed by atoms with Crippen molar-refractivity contribution in [2.75, 3.05) is 39.3 Å². The predicted molar refractivity (Wildman–Crippen MR) is 69.3 cm³/mol. The second-order valence-corrected chi connectivity index (χ2v) is 5.60. The Labute approximate surface area is 117 Å². The van der Waals surface area contributed by atoms with Crippen LogP contribution in [0.3, 0.4) is 0 Å². The van der Waals surface area contributed by atoms with Crippen LogP contribution in [0.1, 0.15) is 19.8 Å². The Balaban J connectivity index is 1.85. The number of hydrogen-bond donors (Lipinski definition) is 1. The lowest BCUT2D eigenvalue weighted by Gasteiger charge is -2.38. The minimum Gasteiger partial charge on any atom is -0.341 e. The third-order valence-electron chi connectivity index (χ3n) is 4.33. The van der Waals surface area contributed by atoms with Gasteiger partial charge in [-0.05, 0) is 19.8 Å². The SMILES string of the molecule is CC(C(=O)N1CCC(C(F)(F)F)CC1)N1CCNCC1. The maximum atomic E-state index is 12.6. The Bertz CT molecular complexity index is 334. The summed E-state index contributed by atoms with van der Waals surface area (Å²) < 4.78 is 37.8. The summed E-state index contributed by atoms with van der Waals surface area (Å²) in [6.45, 7) is 5.63. The van der Waals surface area contributed by atoms with E-state index in [1.54, 1.807) is 4.90 Å². The summed E-state index contributed by atoms with van der Waals surface area (Å²) in [7, 11) is 0. The van der Waals surface area contributed by atoms with E-state index in [1.165, 1.54) is 0 Å². The average Bonchev–Trinajstić information content (AvgIpc) is 2.46. The van der Waals surface area contributed by atoms with Crippen LogP contribution in [0.25, 0.3) is 0 Å². The summed E-state index contributed by atoms with van der Waals surface area (Å²) in [5, 5.41) is 3.22. The first-order valence-corrected chi connectivity index (χ1v) is 7.20. The number of carbonyl (C=O) groups is 1. The Morgan fingerprint density at radius 1 is 1.15 bits per heavy atom. The summed E-state index contributed by atoms with van der Waals surface area (Å²) in [4.78, 5) is 16.0. The zero-order valence-corrected chi connectivity index (χ0v) is 11.7. The highest BCUT2D eigenvalue weighted by molar-refractivity contribution is 5.81. The monoisotopic (exact) mass is 293 g/mol. The van der Waals surface area contributed by atoms with Gasteiger partial charge >= 0.3 is 6.18 Å². The number of alkyl halides is 3. The first-order valence-electron chi connectivity index (χ1n) is 7.20. The van der Waals surface area contributed by atoms with Crippen molar-refractivity contribution in [1.82, 2.24) is 15.1 Å². The normalized spacial score (nSPS) is 24.7. The Kier molecular flexibility index (Phi) is 4.90. The largest absolute Gasteiger partial charge is 0.391 e. The van der Waals surface area contributed by atoms with Gasteiger partial charge in [0, 0.05) is 39.3 Å². The Morgan fingerprint density at radius 3 is 2.20 bits per heavy atom. The number of piperidine rings is 1. The van der Waals surface area contributed by atoms with Crippen LogP contribution in [-0.2, 0) is 4.79 Å². The molecular formula is C13H22F3N3O. The molecule has 7 heteroatoms. The van der Waals surface area contributed by atoms with Gasteiger partial charge in [0.1, 0.15) is 0 Å². The summed E-state index contributed by atoms with van der Waals surface area (Å²) >= 11 is 0. The molecule has 2 aliphatic heterocycles. The Hall–Kier alpha value is -0.820. The molecule has 1 N–H and O–H groups in total. The van der Waals surface area contributed by atoms with Crippen LogP contribution in [0, 0.1) is 5.92 Å². The fraction of sp³-hybridized carbons (Fsp3) is 0.923. The Morgan fingerprint density at radius 2 is 1.70 bits per heavy atom. The molecule has 0 saturated carbocycles.